The minimum atomic E-state index is -0.665. The van der Waals surface area contributed by atoms with Gasteiger partial charge in [-0.3, -0.25) is 0 Å². The molecule has 0 amide bonds. The predicted molar refractivity (Wildman–Crippen MR) is 63.9 cm³/mol. The molecule has 4 nitrogen and oxygen atoms in total. The lowest BCUT2D eigenvalue weighted by Crippen LogP contribution is -2.20. The summed E-state index contributed by atoms with van der Waals surface area (Å²) in [7, 11) is 0. The van der Waals surface area contributed by atoms with Gasteiger partial charge < -0.3 is 4.90 Å². The van der Waals surface area contributed by atoms with Gasteiger partial charge in [0.1, 0.15) is 11.0 Å². The van der Waals surface area contributed by atoms with E-state index in [1.54, 1.807) is 23.2 Å². The Balaban J connectivity index is 2.46. The minimum absolute atomic E-state index is 0.0821. The van der Waals surface area contributed by atoms with Gasteiger partial charge in [0, 0.05) is 12.7 Å². The van der Waals surface area contributed by atoms with Crippen LogP contribution >= 0.6 is 11.6 Å². The monoisotopic (exact) mass is 252 g/mol. The number of anilines is 2. The molecule has 88 valence electrons. The van der Waals surface area contributed by atoms with Crippen LogP contribution in [0, 0.1) is 5.95 Å². The van der Waals surface area contributed by atoms with Crippen LogP contribution in [0.2, 0.25) is 5.15 Å². The molecule has 0 saturated carbocycles. The Labute approximate surface area is 103 Å². The van der Waals surface area contributed by atoms with Crippen molar-refractivity contribution in [3.8, 4) is 0 Å². The molecule has 2 heterocycles. The molecule has 0 N–H and O–H groups in total. The van der Waals surface area contributed by atoms with Crippen molar-refractivity contribution in [1.29, 1.82) is 0 Å². The number of aromatic nitrogens is 3. The normalized spacial score (nSPS) is 10.3. The highest BCUT2D eigenvalue weighted by atomic mass is 35.5. The van der Waals surface area contributed by atoms with Crippen LogP contribution in [0.25, 0.3) is 0 Å². The van der Waals surface area contributed by atoms with E-state index < -0.39 is 5.95 Å². The van der Waals surface area contributed by atoms with E-state index in [0.717, 1.165) is 0 Å². The number of hydrogen-bond donors (Lipinski definition) is 0. The van der Waals surface area contributed by atoms with Crippen LogP contribution in [0.3, 0.4) is 0 Å². The van der Waals surface area contributed by atoms with Crippen molar-refractivity contribution >= 4 is 23.2 Å². The average Bonchev–Trinajstić information content (AvgIpc) is 2.36. The molecule has 0 fully saturated rings. The van der Waals surface area contributed by atoms with E-state index >= 15 is 0 Å². The van der Waals surface area contributed by atoms with Gasteiger partial charge in [-0.2, -0.15) is 4.39 Å². The fourth-order valence-electron chi connectivity index (χ4n) is 1.45. The van der Waals surface area contributed by atoms with Gasteiger partial charge in [0.05, 0.1) is 6.20 Å². The average molecular weight is 253 g/mol. The van der Waals surface area contributed by atoms with Gasteiger partial charge >= 0.3 is 0 Å². The topological polar surface area (TPSA) is 41.9 Å². The fourth-order valence-corrected chi connectivity index (χ4v) is 1.58. The molecule has 2 rings (SSSR count). The number of rotatable bonds is 3. The Bertz CT molecular complexity index is 506. The van der Waals surface area contributed by atoms with Crippen molar-refractivity contribution in [1.82, 2.24) is 15.0 Å². The predicted octanol–water partition coefficient (Wildman–Crippen LogP) is 2.82. The molecular weight excluding hydrogens is 243 g/mol. The first kappa shape index (κ1) is 11.7. The number of pyridine rings is 1. The lowest BCUT2D eigenvalue weighted by Gasteiger charge is -2.20. The number of halogens is 2. The molecule has 0 unspecified atom stereocenters. The molecule has 0 bridgehead atoms. The van der Waals surface area contributed by atoms with Crippen molar-refractivity contribution in [2.24, 2.45) is 0 Å². The van der Waals surface area contributed by atoms with Crippen molar-refractivity contribution in [2.75, 3.05) is 11.4 Å². The lowest BCUT2D eigenvalue weighted by molar-refractivity contribution is 0.575. The van der Waals surface area contributed by atoms with Crippen molar-refractivity contribution in [2.45, 2.75) is 6.92 Å². The Morgan fingerprint density at radius 1 is 1.35 bits per heavy atom. The highest BCUT2D eigenvalue weighted by Crippen LogP contribution is 2.23. The van der Waals surface area contributed by atoms with E-state index in [2.05, 4.69) is 15.0 Å². The smallest absolute Gasteiger partial charge is 0.256 e. The van der Waals surface area contributed by atoms with Crippen molar-refractivity contribution < 1.29 is 4.39 Å². The third-order valence-corrected chi connectivity index (χ3v) is 2.36. The van der Waals surface area contributed by atoms with Gasteiger partial charge in [-0.05, 0) is 19.1 Å². The number of hydrogen-bond acceptors (Lipinski definition) is 4. The molecule has 17 heavy (non-hydrogen) atoms. The molecule has 0 aliphatic carbocycles. The highest BCUT2D eigenvalue weighted by molar-refractivity contribution is 6.29. The standard InChI is InChI=1S/C11H10ClFN4/c1-2-17(9-5-3-4-6-14-9)11-10(13)15-7-8(12)16-11/h3-7H,2H2,1H3. The first-order valence-electron chi connectivity index (χ1n) is 5.09. The summed E-state index contributed by atoms with van der Waals surface area (Å²) in [6.07, 6.45) is 2.81. The summed E-state index contributed by atoms with van der Waals surface area (Å²) in [6, 6.07) is 5.38. The molecule has 2 aromatic heterocycles. The van der Waals surface area contributed by atoms with E-state index in [1.165, 1.54) is 6.20 Å². The van der Waals surface area contributed by atoms with E-state index in [1.807, 2.05) is 13.0 Å². The zero-order chi connectivity index (χ0) is 12.3. The molecule has 0 aliphatic rings. The van der Waals surface area contributed by atoms with Crippen LogP contribution in [-0.4, -0.2) is 21.5 Å². The Hall–Kier alpha value is -1.75. The van der Waals surface area contributed by atoms with Crippen LogP contribution in [-0.2, 0) is 0 Å². The second-order valence-corrected chi connectivity index (χ2v) is 3.63. The summed E-state index contributed by atoms with van der Waals surface area (Å²) >= 11 is 5.72. The second kappa shape index (κ2) is 5.05. The Kier molecular flexibility index (Phi) is 3.49. The molecule has 0 spiro atoms. The molecule has 6 heteroatoms. The zero-order valence-corrected chi connectivity index (χ0v) is 9.89. The quantitative estimate of drug-likeness (QED) is 0.842. The third-order valence-electron chi connectivity index (χ3n) is 2.18. The third kappa shape index (κ3) is 2.50. The van der Waals surface area contributed by atoms with E-state index in [4.69, 9.17) is 11.6 Å². The van der Waals surface area contributed by atoms with Crippen LogP contribution in [0.4, 0.5) is 16.0 Å². The molecule has 0 aromatic carbocycles. The lowest BCUT2D eigenvalue weighted by atomic mass is 10.4. The molecule has 0 saturated heterocycles. The van der Waals surface area contributed by atoms with E-state index in [-0.39, 0.29) is 11.0 Å². The van der Waals surface area contributed by atoms with Gasteiger partial charge in [-0.15, -0.1) is 0 Å². The van der Waals surface area contributed by atoms with Gasteiger partial charge in [-0.1, -0.05) is 17.7 Å². The summed E-state index contributed by atoms with van der Waals surface area (Å²) in [4.78, 5) is 13.2. The summed E-state index contributed by atoms with van der Waals surface area (Å²) in [5.74, 6) is 0.0195. The molecule has 2 aromatic rings. The van der Waals surface area contributed by atoms with Crippen LogP contribution in [0.1, 0.15) is 6.92 Å². The molecule has 0 aliphatic heterocycles. The molecular formula is C11H10ClFN4. The van der Waals surface area contributed by atoms with Gasteiger partial charge in [0.2, 0.25) is 0 Å². The Morgan fingerprint density at radius 2 is 2.18 bits per heavy atom. The van der Waals surface area contributed by atoms with Gasteiger partial charge in [-0.25, -0.2) is 15.0 Å². The summed E-state index contributed by atoms with van der Waals surface area (Å²) in [6.45, 7) is 2.39. The second-order valence-electron chi connectivity index (χ2n) is 3.24. The van der Waals surface area contributed by atoms with Crippen LogP contribution in [0.5, 0.6) is 0 Å². The number of nitrogens with zero attached hydrogens (tertiary/aromatic N) is 4. The first-order chi connectivity index (χ1) is 8.22. The van der Waals surface area contributed by atoms with Crippen molar-refractivity contribution in [3.05, 3.63) is 41.7 Å². The van der Waals surface area contributed by atoms with Crippen LogP contribution in [0.15, 0.2) is 30.6 Å². The van der Waals surface area contributed by atoms with Gasteiger partial charge in [0.15, 0.2) is 5.82 Å². The SMILES string of the molecule is CCN(c1ccccn1)c1nc(Cl)cnc1F. The van der Waals surface area contributed by atoms with Crippen LogP contribution < -0.4 is 4.90 Å². The maximum Gasteiger partial charge on any atom is 0.256 e. The molecule has 0 radical (unpaired) electrons. The summed E-state index contributed by atoms with van der Waals surface area (Å²) in [5, 5.41) is 0.149. The highest BCUT2D eigenvalue weighted by Gasteiger charge is 2.16. The summed E-state index contributed by atoms with van der Waals surface area (Å²) in [5.41, 5.74) is 0. The fraction of sp³-hybridized carbons (Fsp3) is 0.182. The van der Waals surface area contributed by atoms with E-state index in [9.17, 15) is 4.39 Å². The molecule has 0 atom stereocenters. The van der Waals surface area contributed by atoms with Gasteiger partial charge in [0.25, 0.3) is 5.95 Å². The largest absolute Gasteiger partial charge is 0.307 e. The zero-order valence-electron chi connectivity index (χ0n) is 9.14. The van der Waals surface area contributed by atoms with E-state index in [0.29, 0.717) is 12.4 Å². The Morgan fingerprint density at radius 3 is 2.82 bits per heavy atom. The minimum Gasteiger partial charge on any atom is -0.307 e. The van der Waals surface area contributed by atoms with Crippen molar-refractivity contribution in [3.63, 3.8) is 0 Å². The maximum absolute atomic E-state index is 13.6. The first-order valence-corrected chi connectivity index (χ1v) is 5.46. The maximum atomic E-state index is 13.6. The summed E-state index contributed by atoms with van der Waals surface area (Å²) < 4.78 is 13.6.